The smallest absolute Gasteiger partial charge is 0.0840 e. The molecule has 2 rings (SSSR count). The lowest BCUT2D eigenvalue weighted by atomic mass is 10.3. The van der Waals surface area contributed by atoms with E-state index in [2.05, 4.69) is 15.8 Å². The summed E-state index contributed by atoms with van der Waals surface area (Å²) in [5, 5.41) is 3.29. The van der Waals surface area contributed by atoms with Crippen molar-refractivity contribution in [2.45, 2.75) is 13.8 Å². The van der Waals surface area contributed by atoms with Crippen molar-refractivity contribution in [3.63, 3.8) is 0 Å². The van der Waals surface area contributed by atoms with Crippen LogP contribution in [-0.2, 0) is 0 Å². The molecule has 1 heterocycles. The second-order valence-corrected chi connectivity index (χ2v) is 2.50. The monoisotopic (exact) mass is 165 g/mol. The molecule has 0 aliphatic heterocycles. The lowest BCUT2D eigenvalue weighted by Crippen LogP contribution is -1.61. The van der Waals surface area contributed by atoms with Crippen LogP contribution in [0.25, 0.3) is 10.9 Å². The fourth-order valence-corrected chi connectivity index (χ4v) is 1.46. The maximum absolute atomic E-state index is 4.16. The van der Waals surface area contributed by atoms with Gasteiger partial charge in [0.25, 0.3) is 0 Å². The Balaban J connectivity index is 0.000000281. The number of rotatable bonds is 0. The van der Waals surface area contributed by atoms with Crippen LogP contribution >= 0.6 is 11.5 Å². The second-order valence-electron chi connectivity index (χ2n) is 1.87. The number of benzene rings is 1. The molecule has 2 heteroatoms. The summed E-state index contributed by atoms with van der Waals surface area (Å²) in [6.45, 7) is 4.00. The van der Waals surface area contributed by atoms with Gasteiger partial charge in [-0.3, -0.25) is 0 Å². The molecule has 11 heavy (non-hydrogen) atoms. The van der Waals surface area contributed by atoms with E-state index in [-0.39, 0.29) is 0 Å². The Morgan fingerprint density at radius 2 is 1.91 bits per heavy atom. The minimum atomic E-state index is 1.10. The van der Waals surface area contributed by atoms with Gasteiger partial charge in [0.2, 0.25) is 0 Å². The summed E-state index contributed by atoms with van der Waals surface area (Å²) >= 11 is 1.50. The zero-order chi connectivity index (χ0) is 8.10. The standard InChI is InChI=1S/C7H5NS.C2H6/c1-2-4-7-6(3-1)5-9-8-7;1-2/h1-5H;1-2H3. The molecule has 0 radical (unpaired) electrons. The molecule has 0 saturated carbocycles. The van der Waals surface area contributed by atoms with Crippen molar-refractivity contribution in [3.8, 4) is 0 Å². The summed E-state index contributed by atoms with van der Waals surface area (Å²) in [6, 6.07) is 8.11. The molecule has 0 atom stereocenters. The average Bonchev–Trinajstić information content (AvgIpc) is 2.55. The third kappa shape index (κ3) is 1.77. The van der Waals surface area contributed by atoms with E-state index in [0.29, 0.717) is 0 Å². The van der Waals surface area contributed by atoms with Crippen LogP contribution < -0.4 is 0 Å². The minimum Gasteiger partial charge on any atom is -0.193 e. The number of aromatic nitrogens is 1. The largest absolute Gasteiger partial charge is 0.193 e. The Labute approximate surface area is 70.8 Å². The molecule has 0 saturated heterocycles. The molecule has 58 valence electrons. The molecular formula is C9H11NS. The van der Waals surface area contributed by atoms with E-state index in [1.165, 1.54) is 16.9 Å². The Bertz CT molecular complexity index is 284. The van der Waals surface area contributed by atoms with E-state index in [4.69, 9.17) is 0 Å². The SMILES string of the molecule is CC.c1ccc2nscc2c1. The van der Waals surface area contributed by atoms with Crippen LogP contribution in [0.5, 0.6) is 0 Å². The average molecular weight is 165 g/mol. The molecule has 0 unspecified atom stereocenters. The van der Waals surface area contributed by atoms with Gasteiger partial charge in [-0.05, 0) is 17.6 Å². The first-order valence-electron chi connectivity index (χ1n) is 3.76. The Hall–Kier alpha value is -0.890. The maximum atomic E-state index is 4.16. The second kappa shape index (κ2) is 4.09. The summed E-state index contributed by atoms with van der Waals surface area (Å²) < 4.78 is 4.16. The summed E-state index contributed by atoms with van der Waals surface area (Å²) in [4.78, 5) is 0. The van der Waals surface area contributed by atoms with Crippen LogP contribution in [0.15, 0.2) is 29.6 Å². The minimum absolute atomic E-state index is 1.10. The van der Waals surface area contributed by atoms with Crippen LogP contribution in [0.1, 0.15) is 13.8 Å². The van der Waals surface area contributed by atoms with Gasteiger partial charge in [0, 0.05) is 10.8 Å². The molecule has 1 aromatic carbocycles. The van der Waals surface area contributed by atoms with Crippen molar-refractivity contribution in [2.24, 2.45) is 0 Å². The van der Waals surface area contributed by atoms with Gasteiger partial charge in [-0.15, -0.1) is 0 Å². The van der Waals surface area contributed by atoms with Gasteiger partial charge in [0.05, 0.1) is 5.52 Å². The molecule has 1 aromatic heterocycles. The lowest BCUT2D eigenvalue weighted by Gasteiger charge is -1.80. The highest BCUT2D eigenvalue weighted by molar-refractivity contribution is 7.04. The van der Waals surface area contributed by atoms with Crippen molar-refractivity contribution < 1.29 is 0 Å². The molecule has 1 nitrogen and oxygen atoms in total. The first-order chi connectivity index (χ1) is 5.47. The van der Waals surface area contributed by atoms with Crippen LogP contribution in [0.2, 0.25) is 0 Å². The molecule has 0 N–H and O–H groups in total. The fraction of sp³-hybridized carbons (Fsp3) is 0.222. The first kappa shape index (κ1) is 8.21. The molecule has 0 spiro atoms. The van der Waals surface area contributed by atoms with Gasteiger partial charge in [0.15, 0.2) is 0 Å². The zero-order valence-corrected chi connectivity index (χ0v) is 7.56. The van der Waals surface area contributed by atoms with Gasteiger partial charge < -0.3 is 0 Å². The molecule has 0 amide bonds. The zero-order valence-electron chi connectivity index (χ0n) is 6.74. The van der Waals surface area contributed by atoms with Crippen LogP contribution in [0.3, 0.4) is 0 Å². The van der Waals surface area contributed by atoms with Crippen molar-refractivity contribution in [2.75, 3.05) is 0 Å². The fourth-order valence-electron chi connectivity index (χ4n) is 0.810. The van der Waals surface area contributed by atoms with E-state index in [0.717, 1.165) is 5.52 Å². The van der Waals surface area contributed by atoms with Gasteiger partial charge in [-0.25, -0.2) is 0 Å². The maximum Gasteiger partial charge on any atom is 0.0840 e. The summed E-state index contributed by atoms with van der Waals surface area (Å²) in [5.74, 6) is 0. The van der Waals surface area contributed by atoms with Crippen LogP contribution in [0, 0.1) is 0 Å². The van der Waals surface area contributed by atoms with E-state index >= 15 is 0 Å². The topological polar surface area (TPSA) is 12.9 Å². The lowest BCUT2D eigenvalue weighted by molar-refractivity contribution is 1.50. The Kier molecular flexibility index (Phi) is 3.05. The number of nitrogens with zero attached hydrogens (tertiary/aromatic N) is 1. The number of fused-ring (bicyclic) bond motifs is 1. The molecule has 0 bridgehead atoms. The third-order valence-corrected chi connectivity index (χ3v) is 1.93. The number of hydrogen-bond donors (Lipinski definition) is 0. The normalized spacial score (nSPS) is 8.91. The van der Waals surface area contributed by atoms with E-state index in [1.54, 1.807) is 0 Å². The van der Waals surface area contributed by atoms with Crippen LogP contribution in [-0.4, -0.2) is 4.37 Å². The Morgan fingerprint density at radius 3 is 2.64 bits per heavy atom. The van der Waals surface area contributed by atoms with Gasteiger partial charge in [-0.2, -0.15) is 4.37 Å². The van der Waals surface area contributed by atoms with Crippen molar-refractivity contribution in [1.29, 1.82) is 0 Å². The molecule has 0 fully saturated rings. The van der Waals surface area contributed by atoms with Gasteiger partial charge >= 0.3 is 0 Å². The molecule has 0 aliphatic carbocycles. The summed E-state index contributed by atoms with van der Waals surface area (Å²) in [7, 11) is 0. The van der Waals surface area contributed by atoms with Crippen LogP contribution in [0.4, 0.5) is 0 Å². The number of hydrogen-bond acceptors (Lipinski definition) is 2. The quantitative estimate of drug-likeness (QED) is 0.583. The summed E-state index contributed by atoms with van der Waals surface area (Å²) in [6.07, 6.45) is 0. The Morgan fingerprint density at radius 1 is 1.18 bits per heavy atom. The predicted octanol–water partition coefficient (Wildman–Crippen LogP) is 3.32. The molecule has 0 aliphatic rings. The molecule has 2 aromatic rings. The third-order valence-electron chi connectivity index (χ3n) is 1.27. The molecular weight excluding hydrogens is 154 g/mol. The van der Waals surface area contributed by atoms with Gasteiger partial charge in [0.1, 0.15) is 0 Å². The van der Waals surface area contributed by atoms with Crippen molar-refractivity contribution in [3.05, 3.63) is 29.6 Å². The van der Waals surface area contributed by atoms with Crippen molar-refractivity contribution >= 4 is 22.4 Å². The summed E-state index contributed by atoms with van der Waals surface area (Å²) in [5.41, 5.74) is 1.10. The van der Waals surface area contributed by atoms with E-state index in [1.807, 2.05) is 32.0 Å². The highest BCUT2D eigenvalue weighted by Crippen LogP contribution is 2.12. The highest BCUT2D eigenvalue weighted by Gasteiger charge is 1.89. The predicted molar refractivity (Wildman–Crippen MR) is 51.0 cm³/mol. The highest BCUT2D eigenvalue weighted by atomic mass is 32.1. The van der Waals surface area contributed by atoms with E-state index in [9.17, 15) is 0 Å². The van der Waals surface area contributed by atoms with E-state index < -0.39 is 0 Å². The van der Waals surface area contributed by atoms with Gasteiger partial charge in [-0.1, -0.05) is 32.0 Å². The van der Waals surface area contributed by atoms with Crippen molar-refractivity contribution in [1.82, 2.24) is 4.37 Å². The first-order valence-corrected chi connectivity index (χ1v) is 4.59.